The zero-order valence-electron chi connectivity index (χ0n) is 12.4. The molecule has 5 heteroatoms. The van der Waals surface area contributed by atoms with Crippen molar-refractivity contribution in [2.45, 2.75) is 55.6 Å². The van der Waals surface area contributed by atoms with Crippen LogP contribution in [0.3, 0.4) is 0 Å². The number of nitrogens with one attached hydrogen (secondary N) is 1. The average Bonchev–Trinajstić information content (AvgIpc) is 2.72. The Kier molecular flexibility index (Phi) is 6.51. The van der Waals surface area contributed by atoms with Crippen molar-refractivity contribution in [3.63, 3.8) is 0 Å². The minimum atomic E-state index is -0.694. The van der Waals surface area contributed by atoms with Crippen LogP contribution in [0.1, 0.15) is 44.9 Å². The van der Waals surface area contributed by atoms with E-state index < -0.39 is 5.60 Å². The molecule has 116 valence electrons. The molecule has 0 bridgehead atoms. The van der Waals surface area contributed by atoms with Gasteiger partial charge in [0.2, 0.25) is 5.91 Å². The molecule has 1 aliphatic carbocycles. The number of aliphatic hydroxyl groups is 1. The largest absolute Gasteiger partial charge is 0.388 e. The van der Waals surface area contributed by atoms with Crippen molar-refractivity contribution in [2.24, 2.45) is 0 Å². The highest BCUT2D eigenvalue weighted by Gasteiger charge is 2.28. The highest BCUT2D eigenvalue weighted by molar-refractivity contribution is 7.99. The van der Waals surface area contributed by atoms with E-state index in [9.17, 15) is 9.90 Å². The molecule has 4 nitrogen and oxygen atoms in total. The molecule has 1 aromatic heterocycles. The number of hydrogen-bond acceptors (Lipinski definition) is 4. The fraction of sp³-hybridized carbons (Fsp3) is 0.625. The fourth-order valence-corrected chi connectivity index (χ4v) is 3.40. The number of pyridine rings is 1. The molecule has 0 unspecified atom stereocenters. The van der Waals surface area contributed by atoms with Crippen molar-refractivity contribution in [1.29, 1.82) is 0 Å². The molecular weight excluding hydrogens is 284 g/mol. The third-order valence-electron chi connectivity index (χ3n) is 3.87. The number of nitrogens with zero attached hydrogens (tertiary/aromatic N) is 1. The van der Waals surface area contributed by atoms with Crippen LogP contribution >= 0.6 is 11.8 Å². The monoisotopic (exact) mass is 308 g/mol. The Morgan fingerprint density at radius 1 is 1.29 bits per heavy atom. The normalized spacial score (nSPS) is 18.0. The quantitative estimate of drug-likeness (QED) is 0.626. The molecule has 0 atom stereocenters. The van der Waals surface area contributed by atoms with Crippen molar-refractivity contribution in [3.8, 4) is 0 Å². The number of carbonyl (C=O) groups excluding carboxylic acids is 1. The summed E-state index contributed by atoms with van der Waals surface area (Å²) in [5.74, 6) is 0.720. The van der Waals surface area contributed by atoms with Crippen molar-refractivity contribution >= 4 is 17.7 Å². The first-order valence-corrected chi connectivity index (χ1v) is 8.69. The van der Waals surface area contributed by atoms with Crippen molar-refractivity contribution in [3.05, 3.63) is 24.4 Å². The van der Waals surface area contributed by atoms with Crippen LogP contribution in [0.25, 0.3) is 0 Å². The summed E-state index contributed by atoms with van der Waals surface area (Å²) >= 11 is 1.58. The molecule has 2 rings (SSSR count). The predicted octanol–water partition coefficient (Wildman–Crippen LogP) is 2.77. The Bertz CT molecular complexity index is 431. The first-order valence-electron chi connectivity index (χ1n) is 7.71. The second kappa shape index (κ2) is 8.39. The van der Waals surface area contributed by atoms with Gasteiger partial charge in [0.1, 0.15) is 0 Å². The second-order valence-electron chi connectivity index (χ2n) is 5.68. The molecule has 0 spiro atoms. The van der Waals surface area contributed by atoms with Crippen LogP contribution < -0.4 is 5.32 Å². The van der Waals surface area contributed by atoms with Gasteiger partial charge in [0.05, 0.1) is 10.6 Å². The number of thioether (sulfide) groups is 1. The summed E-state index contributed by atoms with van der Waals surface area (Å²) in [6, 6.07) is 5.76. The van der Waals surface area contributed by atoms with E-state index in [1.54, 1.807) is 18.0 Å². The Balaban J connectivity index is 1.65. The van der Waals surface area contributed by atoms with E-state index in [2.05, 4.69) is 10.3 Å². The lowest BCUT2D eigenvalue weighted by Crippen LogP contribution is -2.42. The Morgan fingerprint density at radius 2 is 2.05 bits per heavy atom. The maximum absolute atomic E-state index is 11.8. The van der Waals surface area contributed by atoms with Crippen LogP contribution in [0.4, 0.5) is 0 Å². The van der Waals surface area contributed by atoms with Gasteiger partial charge in [0, 0.05) is 24.9 Å². The summed E-state index contributed by atoms with van der Waals surface area (Å²) < 4.78 is 0. The lowest BCUT2D eigenvalue weighted by atomic mass is 9.94. The molecule has 1 aliphatic rings. The van der Waals surface area contributed by atoms with Gasteiger partial charge in [-0.2, -0.15) is 0 Å². The van der Waals surface area contributed by atoms with Crippen LogP contribution in [0, 0.1) is 0 Å². The molecule has 0 aromatic carbocycles. The molecule has 1 aromatic rings. The van der Waals surface area contributed by atoms with Crippen LogP contribution in [0.5, 0.6) is 0 Å². The van der Waals surface area contributed by atoms with E-state index in [1.165, 1.54) is 12.8 Å². The molecule has 0 aliphatic heterocycles. The minimum absolute atomic E-state index is 0.0103. The Hall–Kier alpha value is -1.07. The van der Waals surface area contributed by atoms with Crippen molar-refractivity contribution < 1.29 is 9.90 Å². The van der Waals surface area contributed by atoms with E-state index in [1.807, 2.05) is 18.2 Å². The summed E-state index contributed by atoms with van der Waals surface area (Å²) in [6.45, 7) is 0.389. The van der Waals surface area contributed by atoms with Gasteiger partial charge in [-0.25, -0.2) is 4.98 Å². The van der Waals surface area contributed by atoms with Crippen LogP contribution in [-0.2, 0) is 4.79 Å². The van der Waals surface area contributed by atoms with Crippen molar-refractivity contribution in [2.75, 3.05) is 12.3 Å². The molecular formula is C16H24N2O2S. The number of rotatable bonds is 6. The van der Waals surface area contributed by atoms with Gasteiger partial charge < -0.3 is 10.4 Å². The first kappa shape index (κ1) is 16.3. The third kappa shape index (κ3) is 6.06. The van der Waals surface area contributed by atoms with Crippen LogP contribution in [0.15, 0.2) is 29.4 Å². The van der Waals surface area contributed by atoms with Gasteiger partial charge in [-0.15, -0.1) is 11.8 Å². The third-order valence-corrected chi connectivity index (χ3v) is 4.81. The molecule has 21 heavy (non-hydrogen) atoms. The zero-order valence-corrected chi connectivity index (χ0v) is 13.2. The fourth-order valence-electron chi connectivity index (χ4n) is 2.60. The number of carbonyl (C=O) groups is 1. The van der Waals surface area contributed by atoms with Crippen LogP contribution in [-0.4, -0.2) is 33.9 Å². The van der Waals surface area contributed by atoms with Gasteiger partial charge in [-0.05, 0) is 25.0 Å². The zero-order chi connectivity index (χ0) is 15.0. The standard InChI is InChI=1S/C16H24N2O2S/c19-14(8-12-21-15-7-3-6-11-17-15)18-13-16(20)9-4-1-2-5-10-16/h3,6-7,11,20H,1-2,4-5,8-10,12-13H2,(H,18,19). The van der Waals surface area contributed by atoms with Gasteiger partial charge >= 0.3 is 0 Å². The van der Waals surface area contributed by atoms with E-state index in [-0.39, 0.29) is 5.91 Å². The molecule has 1 fully saturated rings. The number of amides is 1. The van der Waals surface area contributed by atoms with Crippen molar-refractivity contribution in [1.82, 2.24) is 10.3 Å². The molecule has 1 amide bonds. The van der Waals surface area contributed by atoms with Crippen LogP contribution in [0.2, 0.25) is 0 Å². The average molecular weight is 308 g/mol. The Morgan fingerprint density at radius 3 is 2.71 bits per heavy atom. The molecule has 1 saturated carbocycles. The van der Waals surface area contributed by atoms with E-state index in [4.69, 9.17) is 0 Å². The summed E-state index contributed by atoms with van der Waals surface area (Å²) in [5.41, 5.74) is -0.694. The molecule has 1 heterocycles. The highest BCUT2D eigenvalue weighted by Crippen LogP contribution is 2.26. The molecule has 0 radical (unpaired) electrons. The Labute approximate surface area is 130 Å². The maximum atomic E-state index is 11.8. The second-order valence-corrected chi connectivity index (χ2v) is 6.80. The molecule has 0 saturated heterocycles. The summed E-state index contributed by atoms with van der Waals surface area (Å²) in [7, 11) is 0. The highest BCUT2D eigenvalue weighted by atomic mass is 32.2. The van der Waals surface area contributed by atoms with Gasteiger partial charge in [-0.3, -0.25) is 4.79 Å². The summed E-state index contributed by atoms with van der Waals surface area (Å²) in [5, 5.41) is 14.3. The van der Waals surface area contributed by atoms with Gasteiger partial charge in [0.15, 0.2) is 0 Å². The first-order chi connectivity index (χ1) is 10.2. The summed E-state index contributed by atoms with van der Waals surface area (Å²) in [4.78, 5) is 16.1. The molecule has 2 N–H and O–H groups in total. The number of hydrogen-bond donors (Lipinski definition) is 2. The van der Waals surface area contributed by atoms with E-state index in [0.717, 1.165) is 30.7 Å². The maximum Gasteiger partial charge on any atom is 0.220 e. The summed E-state index contributed by atoms with van der Waals surface area (Å²) in [6.07, 6.45) is 8.31. The minimum Gasteiger partial charge on any atom is -0.388 e. The van der Waals surface area contributed by atoms with E-state index in [0.29, 0.717) is 18.7 Å². The lowest BCUT2D eigenvalue weighted by Gasteiger charge is -2.26. The SMILES string of the molecule is O=C(CCSc1ccccn1)NCC1(O)CCCCCC1. The van der Waals surface area contributed by atoms with Gasteiger partial charge in [-0.1, -0.05) is 31.7 Å². The predicted molar refractivity (Wildman–Crippen MR) is 85.2 cm³/mol. The topological polar surface area (TPSA) is 62.2 Å². The number of aromatic nitrogens is 1. The smallest absolute Gasteiger partial charge is 0.220 e. The lowest BCUT2D eigenvalue weighted by molar-refractivity contribution is -0.122. The van der Waals surface area contributed by atoms with E-state index >= 15 is 0 Å². The van der Waals surface area contributed by atoms with Gasteiger partial charge in [0.25, 0.3) is 0 Å².